The molecule has 0 aromatic heterocycles. The fourth-order valence-corrected chi connectivity index (χ4v) is 3.53. The van der Waals surface area contributed by atoms with Gasteiger partial charge in [-0.15, -0.1) is 0 Å². The third kappa shape index (κ3) is 3.84. The molecule has 0 spiro atoms. The summed E-state index contributed by atoms with van der Waals surface area (Å²) in [6.07, 6.45) is 11.0. The van der Waals surface area contributed by atoms with E-state index in [1.54, 1.807) is 5.56 Å². The molecule has 1 aliphatic rings. The summed E-state index contributed by atoms with van der Waals surface area (Å²) in [5.41, 5.74) is 3.68. The SMILES string of the molecule is CCCC[C@]1(C)CC[C@H](c2ccc(CC)cc2)CC1. The van der Waals surface area contributed by atoms with E-state index in [4.69, 9.17) is 0 Å². The second-order valence-electron chi connectivity index (χ2n) is 6.78. The van der Waals surface area contributed by atoms with Gasteiger partial charge >= 0.3 is 0 Å². The first-order chi connectivity index (χ1) is 9.17. The van der Waals surface area contributed by atoms with E-state index in [0.29, 0.717) is 5.41 Å². The Kier molecular flexibility index (Phi) is 5.07. The number of aryl methyl sites for hydroxylation is 1. The average Bonchev–Trinajstić information content (AvgIpc) is 2.46. The van der Waals surface area contributed by atoms with Gasteiger partial charge in [0.1, 0.15) is 0 Å². The van der Waals surface area contributed by atoms with Crippen LogP contribution in [0.1, 0.15) is 82.8 Å². The van der Waals surface area contributed by atoms with E-state index >= 15 is 0 Å². The first kappa shape index (κ1) is 14.6. The van der Waals surface area contributed by atoms with Gasteiger partial charge in [0.25, 0.3) is 0 Å². The summed E-state index contributed by atoms with van der Waals surface area (Å²) >= 11 is 0. The van der Waals surface area contributed by atoms with Crippen molar-refractivity contribution in [1.29, 1.82) is 0 Å². The minimum atomic E-state index is 0.635. The van der Waals surface area contributed by atoms with Crippen LogP contribution in [0.15, 0.2) is 24.3 Å². The molecule has 0 heterocycles. The van der Waals surface area contributed by atoms with Crippen molar-refractivity contribution in [3.63, 3.8) is 0 Å². The van der Waals surface area contributed by atoms with Gasteiger partial charge in [0, 0.05) is 0 Å². The smallest absolute Gasteiger partial charge is 0.0162 e. The molecule has 1 aliphatic carbocycles. The Morgan fingerprint density at radius 1 is 1.05 bits per heavy atom. The van der Waals surface area contributed by atoms with Gasteiger partial charge in [-0.3, -0.25) is 0 Å². The van der Waals surface area contributed by atoms with Crippen LogP contribution < -0.4 is 0 Å². The van der Waals surface area contributed by atoms with Crippen LogP contribution in [0, 0.1) is 5.41 Å². The first-order valence-corrected chi connectivity index (χ1v) is 8.25. The highest BCUT2D eigenvalue weighted by Crippen LogP contribution is 2.45. The first-order valence-electron chi connectivity index (χ1n) is 8.25. The van der Waals surface area contributed by atoms with Gasteiger partial charge in [-0.25, -0.2) is 0 Å². The molecule has 2 rings (SSSR count). The van der Waals surface area contributed by atoms with Gasteiger partial charge in [0.05, 0.1) is 0 Å². The highest BCUT2D eigenvalue weighted by molar-refractivity contribution is 5.25. The third-order valence-electron chi connectivity index (χ3n) is 5.19. The number of hydrogen-bond donors (Lipinski definition) is 0. The lowest BCUT2D eigenvalue weighted by Crippen LogP contribution is -2.23. The summed E-state index contributed by atoms with van der Waals surface area (Å²) in [5.74, 6) is 0.820. The Morgan fingerprint density at radius 3 is 2.21 bits per heavy atom. The van der Waals surface area contributed by atoms with Crippen molar-refractivity contribution in [2.45, 2.75) is 78.1 Å². The van der Waals surface area contributed by atoms with E-state index in [-0.39, 0.29) is 0 Å². The van der Waals surface area contributed by atoms with E-state index in [2.05, 4.69) is 45.0 Å². The summed E-state index contributed by atoms with van der Waals surface area (Å²) in [6.45, 7) is 7.05. The van der Waals surface area contributed by atoms with Gasteiger partial charge in [0.2, 0.25) is 0 Å². The molecule has 1 aromatic rings. The lowest BCUT2D eigenvalue weighted by molar-refractivity contribution is 0.179. The lowest BCUT2D eigenvalue weighted by atomic mass is 9.68. The van der Waals surface area contributed by atoms with Crippen LogP contribution in [-0.4, -0.2) is 0 Å². The van der Waals surface area contributed by atoms with Crippen LogP contribution in [0.4, 0.5) is 0 Å². The van der Waals surface area contributed by atoms with Crippen molar-refractivity contribution in [3.8, 4) is 0 Å². The molecular formula is C19H30. The van der Waals surface area contributed by atoms with Crippen molar-refractivity contribution in [2.24, 2.45) is 5.41 Å². The fraction of sp³-hybridized carbons (Fsp3) is 0.684. The molecule has 0 amide bonds. The molecule has 1 saturated carbocycles. The van der Waals surface area contributed by atoms with Crippen molar-refractivity contribution >= 4 is 0 Å². The molecule has 0 heteroatoms. The number of hydrogen-bond acceptors (Lipinski definition) is 0. The summed E-state index contributed by atoms with van der Waals surface area (Å²) in [7, 11) is 0. The second kappa shape index (κ2) is 6.59. The summed E-state index contributed by atoms with van der Waals surface area (Å²) in [6, 6.07) is 9.39. The van der Waals surface area contributed by atoms with Gasteiger partial charge in [-0.2, -0.15) is 0 Å². The molecule has 0 aliphatic heterocycles. The summed E-state index contributed by atoms with van der Waals surface area (Å²) in [4.78, 5) is 0. The Balaban J connectivity index is 1.91. The number of benzene rings is 1. The molecule has 106 valence electrons. The van der Waals surface area contributed by atoms with Crippen molar-refractivity contribution in [1.82, 2.24) is 0 Å². The Bertz CT molecular complexity index is 366. The van der Waals surface area contributed by atoms with Crippen molar-refractivity contribution < 1.29 is 0 Å². The van der Waals surface area contributed by atoms with Crippen molar-refractivity contribution in [2.75, 3.05) is 0 Å². The normalized spacial score (nSPS) is 27.4. The minimum absolute atomic E-state index is 0.635. The minimum Gasteiger partial charge on any atom is -0.0654 e. The molecular weight excluding hydrogens is 228 g/mol. The van der Waals surface area contributed by atoms with Gasteiger partial charge in [-0.05, 0) is 61.0 Å². The topological polar surface area (TPSA) is 0 Å². The molecule has 0 atom stereocenters. The standard InChI is InChI=1S/C19H30/c1-4-6-13-19(3)14-11-18(12-15-19)17-9-7-16(5-2)8-10-17/h7-10,18H,4-6,11-15H2,1-3H3/t18-,19+. The van der Waals surface area contributed by atoms with Crippen LogP contribution in [0.25, 0.3) is 0 Å². The van der Waals surface area contributed by atoms with Crippen LogP contribution in [0.2, 0.25) is 0 Å². The van der Waals surface area contributed by atoms with Crippen LogP contribution in [-0.2, 0) is 6.42 Å². The van der Waals surface area contributed by atoms with E-state index in [1.807, 2.05) is 0 Å². The quantitative estimate of drug-likeness (QED) is 0.598. The molecule has 0 saturated heterocycles. The maximum absolute atomic E-state index is 2.51. The van der Waals surface area contributed by atoms with E-state index < -0.39 is 0 Å². The van der Waals surface area contributed by atoms with Gasteiger partial charge < -0.3 is 0 Å². The lowest BCUT2D eigenvalue weighted by Gasteiger charge is -2.37. The summed E-state index contributed by atoms with van der Waals surface area (Å²) < 4.78 is 0. The van der Waals surface area contributed by atoms with Crippen LogP contribution >= 0.6 is 0 Å². The third-order valence-corrected chi connectivity index (χ3v) is 5.19. The second-order valence-corrected chi connectivity index (χ2v) is 6.78. The maximum atomic E-state index is 2.51. The molecule has 0 bridgehead atoms. The molecule has 1 fully saturated rings. The predicted octanol–water partition coefficient (Wildman–Crippen LogP) is 6.10. The highest BCUT2D eigenvalue weighted by atomic mass is 14.4. The zero-order valence-corrected chi connectivity index (χ0v) is 13.0. The van der Waals surface area contributed by atoms with Crippen LogP contribution in [0.3, 0.4) is 0 Å². The molecule has 0 nitrogen and oxygen atoms in total. The molecule has 19 heavy (non-hydrogen) atoms. The zero-order valence-electron chi connectivity index (χ0n) is 13.0. The molecule has 0 unspecified atom stereocenters. The maximum Gasteiger partial charge on any atom is -0.0162 e. The Hall–Kier alpha value is -0.780. The van der Waals surface area contributed by atoms with Crippen LogP contribution in [0.5, 0.6) is 0 Å². The fourth-order valence-electron chi connectivity index (χ4n) is 3.53. The van der Waals surface area contributed by atoms with E-state index in [1.165, 1.54) is 50.5 Å². The highest BCUT2D eigenvalue weighted by Gasteiger charge is 2.30. The number of unbranched alkanes of at least 4 members (excludes halogenated alkanes) is 1. The zero-order chi connectivity index (χ0) is 13.7. The Labute approximate surface area is 119 Å². The average molecular weight is 258 g/mol. The molecule has 1 aromatic carbocycles. The predicted molar refractivity (Wildman–Crippen MR) is 84.7 cm³/mol. The molecule has 0 radical (unpaired) electrons. The largest absolute Gasteiger partial charge is 0.0654 e. The number of rotatable bonds is 5. The monoisotopic (exact) mass is 258 g/mol. The van der Waals surface area contributed by atoms with Crippen molar-refractivity contribution in [3.05, 3.63) is 35.4 Å². The van der Waals surface area contributed by atoms with E-state index in [9.17, 15) is 0 Å². The van der Waals surface area contributed by atoms with Gasteiger partial charge in [-0.1, -0.05) is 57.9 Å². The van der Waals surface area contributed by atoms with E-state index in [0.717, 1.165) is 12.3 Å². The Morgan fingerprint density at radius 2 is 1.68 bits per heavy atom. The van der Waals surface area contributed by atoms with Gasteiger partial charge in [0.15, 0.2) is 0 Å². The molecule has 0 N–H and O–H groups in total. The summed E-state index contributed by atoms with van der Waals surface area (Å²) in [5, 5.41) is 0.